The van der Waals surface area contributed by atoms with E-state index in [1.165, 1.54) is 10.9 Å². The van der Waals surface area contributed by atoms with E-state index in [9.17, 15) is 4.79 Å². The number of anilines is 1. The molecule has 0 radical (unpaired) electrons. The number of H-pyrrole nitrogens is 1. The highest BCUT2D eigenvalue weighted by Crippen LogP contribution is 2.18. The zero-order valence-electron chi connectivity index (χ0n) is 12.9. The van der Waals surface area contributed by atoms with Gasteiger partial charge in [0.1, 0.15) is 0 Å². The van der Waals surface area contributed by atoms with Crippen molar-refractivity contribution in [1.29, 1.82) is 0 Å². The van der Waals surface area contributed by atoms with E-state index in [-0.39, 0.29) is 5.91 Å². The standard InChI is InChI=1S/C19H20N2O/c1-13-3-4-14(2)17(11-13)21-19(22)8-6-15-5-7-16-9-10-20-18(16)12-15/h3-5,7,9-12,20H,6,8H2,1-2H3,(H,21,22). The molecule has 22 heavy (non-hydrogen) atoms. The summed E-state index contributed by atoms with van der Waals surface area (Å²) in [6.45, 7) is 4.04. The van der Waals surface area contributed by atoms with E-state index >= 15 is 0 Å². The minimum Gasteiger partial charge on any atom is -0.361 e. The average Bonchev–Trinajstić information content (AvgIpc) is 2.96. The highest BCUT2D eigenvalue weighted by atomic mass is 16.1. The first-order valence-electron chi connectivity index (χ1n) is 7.55. The number of aryl methyl sites for hydroxylation is 3. The van der Waals surface area contributed by atoms with E-state index in [1.54, 1.807) is 0 Å². The lowest BCUT2D eigenvalue weighted by Crippen LogP contribution is -2.13. The molecule has 3 rings (SSSR count). The second-order valence-electron chi connectivity index (χ2n) is 5.77. The first-order valence-corrected chi connectivity index (χ1v) is 7.55. The molecule has 0 saturated carbocycles. The van der Waals surface area contributed by atoms with Gasteiger partial charge in [0.2, 0.25) is 5.91 Å². The monoisotopic (exact) mass is 292 g/mol. The van der Waals surface area contributed by atoms with Crippen molar-refractivity contribution in [2.45, 2.75) is 26.7 Å². The van der Waals surface area contributed by atoms with Crippen LogP contribution in [0, 0.1) is 13.8 Å². The van der Waals surface area contributed by atoms with E-state index in [2.05, 4.69) is 34.6 Å². The number of nitrogens with one attached hydrogen (secondary N) is 2. The molecule has 0 bridgehead atoms. The Morgan fingerprint density at radius 3 is 2.82 bits per heavy atom. The molecule has 112 valence electrons. The van der Waals surface area contributed by atoms with E-state index in [4.69, 9.17) is 0 Å². The summed E-state index contributed by atoms with van der Waals surface area (Å²) in [7, 11) is 0. The fourth-order valence-corrected chi connectivity index (χ4v) is 2.59. The Morgan fingerprint density at radius 2 is 1.95 bits per heavy atom. The van der Waals surface area contributed by atoms with Crippen molar-refractivity contribution >= 4 is 22.5 Å². The number of hydrogen-bond donors (Lipinski definition) is 2. The molecule has 3 nitrogen and oxygen atoms in total. The number of carbonyl (C=O) groups is 1. The number of amides is 1. The Balaban J connectivity index is 1.63. The van der Waals surface area contributed by atoms with Crippen molar-refractivity contribution in [2.24, 2.45) is 0 Å². The number of fused-ring (bicyclic) bond motifs is 1. The van der Waals surface area contributed by atoms with Gasteiger partial charge in [-0.3, -0.25) is 4.79 Å². The van der Waals surface area contributed by atoms with Gasteiger partial charge in [0.05, 0.1) is 0 Å². The molecule has 0 unspecified atom stereocenters. The van der Waals surface area contributed by atoms with Crippen molar-refractivity contribution in [3.63, 3.8) is 0 Å². The van der Waals surface area contributed by atoms with E-state index in [1.807, 2.05) is 38.2 Å². The molecular formula is C19H20N2O. The van der Waals surface area contributed by atoms with Gasteiger partial charge in [-0.2, -0.15) is 0 Å². The molecule has 2 N–H and O–H groups in total. The number of benzene rings is 2. The molecule has 2 aromatic carbocycles. The Kier molecular flexibility index (Phi) is 3.96. The third-order valence-corrected chi connectivity index (χ3v) is 3.93. The van der Waals surface area contributed by atoms with Crippen molar-refractivity contribution in [2.75, 3.05) is 5.32 Å². The lowest BCUT2D eigenvalue weighted by Gasteiger charge is -2.09. The highest BCUT2D eigenvalue weighted by Gasteiger charge is 2.06. The first kappa shape index (κ1) is 14.4. The predicted octanol–water partition coefficient (Wildman–Crippen LogP) is 4.36. The molecule has 0 spiro atoms. The maximum Gasteiger partial charge on any atom is 0.224 e. The number of carbonyl (C=O) groups excluding carboxylic acids is 1. The predicted molar refractivity (Wildman–Crippen MR) is 91.2 cm³/mol. The van der Waals surface area contributed by atoms with Crippen molar-refractivity contribution < 1.29 is 4.79 Å². The van der Waals surface area contributed by atoms with Crippen LogP contribution in [-0.2, 0) is 11.2 Å². The first-order chi connectivity index (χ1) is 10.6. The van der Waals surface area contributed by atoms with E-state index in [0.29, 0.717) is 6.42 Å². The smallest absolute Gasteiger partial charge is 0.224 e. The molecule has 3 heteroatoms. The molecule has 0 aliphatic heterocycles. The average molecular weight is 292 g/mol. The summed E-state index contributed by atoms with van der Waals surface area (Å²) in [5.74, 6) is 0.0558. The summed E-state index contributed by atoms with van der Waals surface area (Å²) in [5, 5.41) is 4.20. The largest absolute Gasteiger partial charge is 0.361 e. The molecule has 0 aliphatic rings. The van der Waals surface area contributed by atoms with Gasteiger partial charge in [0.15, 0.2) is 0 Å². The van der Waals surface area contributed by atoms with Crippen molar-refractivity contribution in [3.05, 3.63) is 65.4 Å². The normalized spacial score (nSPS) is 10.8. The minimum atomic E-state index is 0.0558. The van der Waals surface area contributed by atoms with Crippen LogP contribution in [0.4, 0.5) is 5.69 Å². The molecule has 0 saturated heterocycles. The summed E-state index contributed by atoms with van der Waals surface area (Å²) in [4.78, 5) is 15.3. The summed E-state index contributed by atoms with van der Waals surface area (Å²) in [5.41, 5.74) is 5.44. The Hall–Kier alpha value is -2.55. The fraction of sp³-hybridized carbons (Fsp3) is 0.211. The summed E-state index contributed by atoms with van der Waals surface area (Å²) >= 11 is 0. The summed E-state index contributed by atoms with van der Waals surface area (Å²) in [6.07, 6.45) is 3.16. The van der Waals surface area contributed by atoms with Crippen LogP contribution in [0.2, 0.25) is 0 Å². The number of hydrogen-bond acceptors (Lipinski definition) is 1. The molecular weight excluding hydrogens is 272 g/mol. The SMILES string of the molecule is Cc1ccc(C)c(NC(=O)CCc2ccc3cc[nH]c3c2)c1. The van der Waals surface area contributed by atoms with Crippen LogP contribution in [0.5, 0.6) is 0 Å². The maximum atomic E-state index is 12.1. The lowest BCUT2D eigenvalue weighted by molar-refractivity contribution is -0.116. The topological polar surface area (TPSA) is 44.9 Å². The van der Waals surface area contributed by atoms with Gasteiger partial charge in [-0.05, 0) is 60.5 Å². The van der Waals surface area contributed by atoms with Gasteiger partial charge >= 0.3 is 0 Å². The lowest BCUT2D eigenvalue weighted by atomic mass is 10.1. The number of aromatic amines is 1. The van der Waals surface area contributed by atoms with Gasteiger partial charge in [0, 0.05) is 23.8 Å². The van der Waals surface area contributed by atoms with Crippen LogP contribution in [0.15, 0.2) is 48.7 Å². The van der Waals surface area contributed by atoms with Gasteiger partial charge < -0.3 is 10.3 Å². The Bertz CT molecular complexity index is 817. The van der Waals surface area contributed by atoms with Crippen LogP contribution in [0.1, 0.15) is 23.1 Å². The van der Waals surface area contributed by atoms with E-state index < -0.39 is 0 Å². The third-order valence-electron chi connectivity index (χ3n) is 3.93. The molecule has 1 aromatic heterocycles. The van der Waals surface area contributed by atoms with Gasteiger partial charge in [-0.25, -0.2) is 0 Å². The fourth-order valence-electron chi connectivity index (χ4n) is 2.59. The zero-order valence-corrected chi connectivity index (χ0v) is 12.9. The maximum absolute atomic E-state index is 12.1. The third kappa shape index (κ3) is 3.19. The molecule has 0 fully saturated rings. The molecule has 3 aromatic rings. The van der Waals surface area contributed by atoms with Crippen molar-refractivity contribution in [3.8, 4) is 0 Å². The quantitative estimate of drug-likeness (QED) is 0.737. The zero-order chi connectivity index (χ0) is 15.5. The second-order valence-corrected chi connectivity index (χ2v) is 5.77. The highest BCUT2D eigenvalue weighted by molar-refractivity contribution is 5.91. The minimum absolute atomic E-state index is 0.0558. The summed E-state index contributed by atoms with van der Waals surface area (Å²) in [6, 6.07) is 14.4. The van der Waals surface area contributed by atoms with Crippen molar-refractivity contribution in [1.82, 2.24) is 4.98 Å². The molecule has 0 aliphatic carbocycles. The van der Waals surface area contributed by atoms with Gasteiger partial charge in [-0.15, -0.1) is 0 Å². The molecule has 0 atom stereocenters. The number of rotatable bonds is 4. The van der Waals surface area contributed by atoms with Crippen LogP contribution >= 0.6 is 0 Å². The van der Waals surface area contributed by atoms with Crippen LogP contribution in [0.3, 0.4) is 0 Å². The molecule has 1 heterocycles. The van der Waals surface area contributed by atoms with Gasteiger partial charge in [-0.1, -0.05) is 24.3 Å². The Labute approximate surface area is 130 Å². The van der Waals surface area contributed by atoms with Gasteiger partial charge in [0.25, 0.3) is 0 Å². The van der Waals surface area contributed by atoms with Crippen LogP contribution in [0.25, 0.3) is 10.9 Å². The van der Waals surface area contributed by atoms with Crippen LogP contribution < -0.4 is 5.32 Å². The summed E-state index contributed by atoms with van der Waals surface area (Å²) < 4.78 is 0. The van der Waals surface area contributed by atoms with E-state index in [0.717, 1.165) is 28.8 Å². The van der Waals surface area contributed by atoms with Crippen LogP contribution in [-0.4, -0.2) is 10.9 Å². The second kappa shape index (κ2) is 6.06. The number of aromatic nitrogens is 1. The Morgan fingerprint density at radius 1 is 1.09 bits per heavy atom. The molecule has 1 amide bonds.